The first-order valence-corrected chi connectivity index (χ1v) is 5.30. The van der Waals surface area contributed by atoms with Gasteiger partial charge in [-0.15, -0.1) is 0 Å². The van der Waals surface area contributed by atoms with E-state index in [9.17, 15) is 0 Å². The lowest BCUT2D eigenvalue weighted by Crippen LogP contribution is -2.07. The van der Waals surface area contributed by atoms with E-state index in [1.807, 2.05) is 6.92 Å². The second kappa shape index (κ2) is 5.61. The Balaban J connectivity index is 3.09. The summed E-state index contributed by atoms with van der Waals surface area (Å²) in [6.07, 6.45) is 1.78. The molecule has 0 aliphatic heterocycles. The Hall–Kier alpha value is -0.410. The van der Waals surface area contributed by atoms with Crippen molar-refractivity contribution >= 4 is 40.9 Å². The van der Waals surface area contributed by atoms with Crippen LogP contribution in [0.4, 0.5) is 0 Å². The molecule has 1 N–H and O–H groups in total. The Kier molecular flexibility index (Phi) is 4.74. The minimum Gasteiger partial charge on any atom is -0.280 e. The zero-order valence-corrected chi connectivity index (χ0v) is 10.5. The first kappa shape index (κ1) is 12.7. The van der Waals surface area contributed by atoms with Gasteiger partial charge in [0.05, 0.1) is 17.2 Å². The summed E-state index contributed by atoms with van der Waals surface area (Å²) in [7, 11) is 1.53. The van der Waals surface area contributed by atoms with Crippen LogP contribution in [0.3, 0.4) is 0 Å². The first-order chi connectivity index (χ1) is 7.04. The third-order valence-corrected chi connectivity index (χ3v) is 2.51. The second-order valence-corrected chi connectivity index (χ2v) is 4.17. The highest BCUT2D eigenvalue weighted by atomic mass is 35.5. The fourth-order valence-electron chi connectivity index (χ4n) is 1.10. The molecule has 15 heavy (non-hydrogen) atoms. The maximum atomic E-state index is 6.00. The lowest BCUT2D eigenvalue weighted by atomic mass is 10.2. The van der Waals surface area contributed by atoms with Crippen LogP contribution in [0.1, 0.15) is 12.5 Å². The average Bonchev–Trinajstić information content (AvgIpc) is 2.11. The van der Waals surface area contributed by atoms with E-state index in [4.69, 9.17) is 39.6 Å². The van der Waals surface area contributed by atoms with E-state index in [0.29, 0.717) is 20.6 Å². The molecular weight excluding hydrogens is 256 g/mol. The molecule has 0 bridgehead atoms. The molecule has 0 fully saturated rings. The normalized spacial score (nSPS) is 11.7. The summed E-state index contributed by atoms with van der Waals surface area (Å²) in [6, 6.07) is 3.28. The Morgan fingerprint density at radius 3 is 2.27 bits per heavy atom. The molecule has 0 saturated heterocycles. The molecule has 0 saturated carbocycles. The van der Waals surface area contributed by atoms with Gasteiger partial charge in [0.2, 0.25) is 0 Å². The third kappa shape index (κ3) is 3.58. The van der Waals surface area contributed by atoms with E-state index in [1.54, 1.807) is 18.2 Å². The SMILES string of the molecule is CONC(C)=Cc1c(Cl)cc(Cl)cc1Cl. The number of hydroxylamine groups is 1. The number of hydrogen-bond donors (Lipinski definition) is 1. The number of benzene rings is 1. The van der Waals surface area contributed by atoms with Gasteiger partial charge in [0, 0.05) is 16.3 Å². The third-order valence-electron chi connectivity index (χ3n) is 1.67. The van der Waals surface area contributed by atoms with Crippen LogP contribution >= 0.6 is 34.8 Å². The highest BCUT2D eigenvalue weighted by molar-refractivity contribution is 6.40. The van der Waals surface area contributed by atoms with Gasteiger partial charge in [-0.3, -0.25) is 10.3 Å². The summed E-state index contributed by atoms with van der Waals surface area (Å²) in [6.45, 7) is 1.84. The van der Waals surface area contributed by atoms with Crippen molar-refractivity contribution in [2.75, 3.05) is 7.11 Å². The van der Waals surface area contributed by atoms with Crippen LogP contribution in [0.5, 0.6) is 0 Å². The van der Waals surface area contributed by atoms with Crippen molar-refractivity contribution in [1.82, 2.24) is 5.48 Å². The maximum absolute atomic E-state index is 6.00. The number of allylic oxidation sites excluding steroid dienone is 1. The summed E-state index contributed by atoms with van der Waals surface area (Å²) in [5, 5.41) is 1.52. The summed E-state index contributed by atoms with van der Waals surface area (Å²) in [5.41, 5.74) is 4.18. The van der Waals surface area contributed by atoms with Crippen molar-refractivity contribution in [3.05, 3.63) is 38.5 Å². The highest BCUT2D eigenvalue weighted by Gasteiger charge is 2.05. The summed E-state index contributed by atoms with van der Waals surface area (Å²) >= 11 is 17.8. The lowest BCUT2D eigenvalue weighted by Gasteiger charge is -2.06. The highest BCUT2D eigenvalue weighted by Crippen LogP contribution is 2.30. The molecule has 0 aromatic heterocycles. The van der Waals surface area contributed by atoms with Crippen LogP contribution in [-0.4, -0.2) is 7.11 Å². The van der Waals surface area contributed by atoms with Crippen LogP contribution in [-0.2, 0) is 4.84 Å². The zero-order valence-electron chi connectivity index (χ0n) is 8.27. The lowest BCUT2D eigenvalue weighted by molar-refractivity contribution is 0.119. The Bertz CT molecular complexity index is 367. The van der Waals surface area contributed by atoms with Crippen LogP contribution in [0, 0.1) is 0 Å². The molecule has 82 valence electrons. The topological polar surface area (TPSA) is 21.3 Å². The number of halogens is 3. The Morgan fingerprint density at radius 1 is 1.27 bits per heavy atom. The quantitative estimate of drug-likeness (QED) is 0.830. The molecule has 0 aliphatic rings. The van der Waals surface area contributed by atoms with Crippen molar-refractivity contribution in [3.63, 3.8) is 0 Å². The summed E-state index contributed by atoms with van der Waals surface area (Å²) < 4.78 is 0. The van der Waals surface area contributed by atoms with Crippen molar-refractivity contribution < 1.29 is 4.84 Å². The summed E-state index contributed by atoms with van der Waals surface area (Å²) in [5.74, 6) is 0. The predicted octanol–water partition coefficient (Wildman–Crippen LogP) is 4.16. The zero-order chi connectivity index (χ0) is 11.4. The van der Waals surface area contributed by atoms with E-state index in [1.165, 1.54) is 7.11 Å². The van der Waals surface area contributed by atoms with Crippen molar-refractivity contribution in [2.24, 2.45) is 0 Å². The van der Waals surface area contributed by atoms with Gasteiger partial charge in [0.25, 0.3) is 0 Å². The smallest absolute Gasteiger partial charge is 0.0636 e. The Morgan fingerprint density at radius 2 is 1.80 bits per heavy atom. The molecule has 1 aromatic rings. The standard InChI is InChI=1S/C10H10Cl3NO/c1-6(14-15-2)3-8-9(12)4-7(11)5-10(8)13/h3-5,14H,1-2H3. The second-order valence-electron chi connectivity index (χ2n) is 2.92. The summed E-state index contributed by atoms with van der Waals surface area (Å²) in [4.78, 5) is 4.75. The average molecular weight is 267 g/mol. The van der Waals surface area contributed by atoms with Crippen molar-refractivity contribution in [1.29, 1.82) is 0 Å². The molecule has 0 radical (unpaired) electrons. The maximum Gasteiger partial charge on any atom is 0.0636 e. The van der Waals surface area contributed by atoms with Crippen LogP contribution in [0.15, 0.2) is 17.8 Å². The van der Waals surface area contributed by atoms with E-state index >= 15 is 0 Å². The molecule has 1 aromatic carbocycles. The van der Waals surface area contributed by atoms with Gasteiger partial charge in [0.15, 0.2) is 0 Å². The van der Waals surface area contributed by atoms with Crippen molar-refractivity contribution in [2.45, 2.75) is 6.92 Å². The molecule has 0 unspecified atom stereocenters. The minimum atomic E-state index is 0.504. The van der Waals surface area contributed by atoms with Gasteiger partial charge >= 0.3 is 0 Å². The number of rotatable bonds is 3. The molecule has 0 amide bonds. The van der Waals surface area contributed by atoms with E-state index in [2.05, 4.69) is 5.48 Å². The van der Waals surface area contributed by atoms with Gasteiger partial charge in [-0.25, -0.2) is 0 Å². The largest absolute Gasteiger partial charge is 0.280 e. The molecule has 5 heteroatoms. The number of nitrogens with one attached hydrogen (secondary N) is 1. The predicted molar refractivity (Wildman–Crippen MR) is 65.3 cm³/mol. The monoisotopic (exact) mass is 265 g/mol. The molecule has 0 heterocycles. The van der Waals surface area contributed by atoms with E-state index in [0.717, 1.165) is 5.70 Å². The van der Waals surface area contributed by atoms with Crippen LogP contribution in [0.2, 0.25) is 15.1 Å². The molecule has 0 aliphatic carbocycles. The molecule has 1 rings (SSSR count). The fraction of sp³-hybridized carbons (Fsp3) is 0.200. The molecular formula is C10H10Cl3NO. The molecule has 0 atom stereocenters. The van der Waals surface area contributed by atoms with Gasteiger partial charge in [-0.1, -0.05) is 34.8 Å². The van der Waals surface area contributed by atoms with E-state index in [-0.39, 0.29) is 0 Å². The number of hydrogen-bond acceptors (Lipinski definition) is 2. The van der Waals surface area contributed by atoms with Gasteiger partial charge in [0.1, 0.15) is 0 Å². The molecule has 0 spiro atoms. The van der Waals surface area contributed by atoms with Crippen molar-refractivity contribution in [3.8, 4) is 0 Å². The van der Waals surface area contributed by atoms with Gasteiger partial charge in [-0.05, 0) is 25.1 Å². The van der Waals surface area contributed by atoms with Gasteiger partial charge < -0.3 is 0 Å². The van der Waals surface area contributed by atoms with Crippen LogP contribution in [0.25, 0.3) is 6.08 Å². The fourth-order valence-corrected chi connectivity index (χ4v) is 2.02. The Labute approximate surface area is 104 Å². The van der Waals surface area contributed by atoms with Crippen LogP contribution < -0.4 is 5.48 Å². The minimum absolute atomic E-state index is 0.504. The van der Waals surface area contributed by atoms with Gasteiger partial charge in [-0.2, -0.15) is 0 Å². The molecule has 2 nitrogen and oxygen atoms in total. The first-order valence-electron chi connectivity index (χ1n) is 4.16. The van der Waals surface area contributed by atoms with E-state index < -0.39 is 0 Å².